The Morgan fingerprint density at radius 2 is 1.97 bits per heavy atom. The Labute approximate surface area is 163 Å². The van der Waals surface area contributed by atoms with Gasteiger partial charge in [-0.05, 0) is 48.9 Å². The molecule has 2 aromatic rings. The molecule has 0 radical (unpaired) electrons. The highest BCUT2D eigenvalue weighted by Gasteiger charge is 2.30. The number of carbonyl (C=O) groups excluding carboxylic acids is 1. The monoisotopic (exact) mass is 404 g/mol. The SMILES string of the molecule is CCOc1ccc(/C=C(\C#N)C(=O)Nc2cccc(C(F)(F)F)c2)cc1C(=O)O. The molecule has 9 heteroatoms. The first-order valence-corrected chi connectivity index (χ1v) is 8.26. The number of carboxylic acids is 1. The minimum atomic E-state index is -4.58. The molecule has 1 amide bonds. The van der Waals surface area contributed by atoms with Crippen molar-refractivity contribution in [2.75, 3.05) is 11.9 Å². The van der Waals surface area contributed by atoms with Gasteiger partial charge in [0.25, 0.3) is 5.91 Å². The maximum atomic E-state index is 12.8. The Morgan fingerprint density at radius 1 is 1.24 bits per heavy atom. The van der Waals surface area contributed by atoms with Crippen LogP contribution < -0.4 is 10.1 Å². The summed E-state index contributed by atoms with van der Waals surface area (Å²) < 4.78 is 43.5. The van der Waals surface area contributed by atoms with Gasteiger partial charge in [0, 0.05) is 5.69 Å². The number of alkyl halides is 3. The number of carbonyl (C=O) groups is 2. The Bertz CT molecular complexity index is 1010. The van der Waals surface area contributed by atoms with Crippen LogP contribution in [0, 0.1) is 11.3 Å². The number of aromatic carboxylic acids is 1. The highest BCUT2D eigenvalue weighted by atomic mass is 19.4. The predicted octanol–water partition coefficient (Wildman–Crippen LogP) is 4.35. The van der Waals surface area contributed by atoms with E-state index in [0.29, 0.717) is 0 Å². The molecule has 0 aliphatic heterocycles. The minimum absolute atomic E-state index is 0.129. The van der Waals surface area contributed by atoms with Gasteiger partial charge in [-0.25, -0.2) is 4.79 Å². The first-order valence-electron chi connectivity index (χ1n) is 8.26. The molecule has 0 bridgehead atoms. The molecule has 150 valence electrons. The molecule has 0 aliphatic rings. The Morgan fingerprint density at radius 3 is 2.55 bits per heavy atom. The minimum Gasteiger partial charge on any atom is -0.493 e. The molecule has 29 heavy (non-hydrogen) atoms. The van der Waals surface area contributed by atoms with Crippen molar-refractivity contribution in [1.29, 1.82) is 5.26 Å². The number of nitrogens with one attached hydrogen (secondary N) is 1. The van der Waals surface area contributed by atoms with E-state index in [0.717, 1.165) is 24.3 Å². The second-order valence-electron chi connectivity index (χ2n) is 5.70. The highest BCUT2D eigenvalue weighted by Crippen LogP contribution is 2.30. The van der Waals surface area contributed by atoms with Crippen LogP contribution in [0.15, 0.2) is 48.0 Å². The smallest absolute Gasteiger partial charge is 0.416 e. The number of nitrogens with zero attached hydrogens (tertiary/aromatic N) is 1. The number of ether oxygens (including phenoxy) is 1. The van der Waals surface area contributed by atoms with Crippen molar-refractivity contribution < 1.29 is 32.6 Å². The number of nitriles is 1. The van der Waals surface area contributed by atoms with E-state index in [1.54, 1.807) is 13.0 Å². The number of rotatable bonds is 6. The second-order valence-corrected chi connectivity index (χ2v) is 5.70. The third-order valence-corrected chi connectivity index (χ3v) is 3.66. The molecule has 0 fully saturated rings. The molecule has 2 aromatic carbocycles. The van der Waals surface area contributed by atoms with Crippen molar-refractivity contribution in [3.8, 4) is 11.8 Å². The zero-order chi connectivity index (χ0) is 21.6. The van der Waals surface area contributed by atoms with Crippen molar-refractivity contribution in [3.05, 3.63) is 64.7 Å². The highest BCUT2D eigenvalue weighted by molar-refractivity contribution is 6.09. The molecule has 0 saturated carbocycles. The van der Waals surface area contributed by atoms with Crippen LogP contribution in [0.5, 0.6) is 5.75 Å². The summed E-state index contributed by atoms with van der Waals surface area (Å²) in [5.41, 5.74) is -1.42. The third-order valence-electron chi connectivity index (χ3n) is 3.66. The number of halogens is 3. The van der Waals surface area contributed by atoms with Crippen LogP contribution in [0.25, 0.3) is 6.08 Å². The molecule has 6 nitrogen and oxygen atoms in total. The van der Waals surface area contributed by atoms with Gasteiger partial charge in [-0.2, -0.15) is 18.4 Å². The van der Waals surface area contributed by atoms with E-state index >= 15 is 0 Å². The van der Waals surface area contributed by atoms with E-state index in [1.807, 2.05) is 0 Å². The van der Waals surface area contributed by atoms with E-state index in [-0.39, 0.29) is 29.2 Å². The quantitative estimate of drug-likeness (QED) is 0.551. The van der Waals surface area contributed by atoms with Gasteiger partial charge in [0.2, 0.25) is 0 Å². The fourth-order valence-electron chi connectivity index (χ4n) is 2.37. The molecule has 0 heterocycles. The Hall–Kier alpha value is -3.80. The normalized spacial score (nSPS) is 11.5. The fourth-order valence-corrected chi connectivity index (χ4v) is 2.37. The van der Waals surface area contributed by atoms with Crippen molar-refractivity contribution in [1.82, 2.24) is 0 Å². The lowest BCUT2D eigenvalue weighted by atomic mass is 10.1. The molecular weight excluding hydrogens is 389 g/mol. The van der Waals surface area contributed by atoms with E-state index in [4.69, 9.17) is 4.74 Å². The van der Waals surface area contributed by atoms with Crippen LogP contribution in [-0.4, -0.2) is 23.6 Å². The second kappa shape index (κ2) is 8.93. The summed E-state index contributed by atoms with van der Waals surface area (Å²) in [5, 5.41) is 20.7. The summed E-state index contributed by atoms with van der Waals surface area (Å²) in [4.78, 5) is 23.6. The molecular formula is C20H15F3N2O4. The lowest BCUT2D eigenvalue weighted by Crippen LogP contribution is -2.14. The summed E-state index contributed by atoms with van der Waals surface area (Å²) in [6, 6.07) is 9.68. The molecule has 2 rings (SSSR count). The number of carboxylic acid groups (broad SMARTS) is 1. The zero-order valence-electron chi connectivity index (χ0n) is 15.1. The standard InChI is InChI=1S/C20H15F3N2O4/c1-2-29-17-7-6-12(9-16(17)19(27)28)8-13(11-24)18(26)25-15-5-3-4-14(10-15)20(21,22)23/h3-10H,2H2,1H3,(H,25,26)(H,27,28)/b13-8+. The van der Waals surface area contributed by atoms with Crippen LogP contribution in [0.4, 0.5) is 18.9 Å². The van der Waals surface area contributed by atoms with Gasteiger partial charge in [0.05, 0.1) is 12.2 Å². The van der Waals surface area contributed by atoms with Crippen molar-refractivity contribution in [2.45, 2.75) is 13.1 Å². The number of hydrogen-bond acceptors (Lipinski definition) is 4. The Kier molecular flexibility index (Phi) is 6.62. The van der Waals surface area contributed by atoms with Crippen molar-refractivity contribution >= 4 is 23.6 Å². The molecule has 0 aromatic heterocycles. The first kappa shape index (κ1) is 21.5. The lowest BCUT2D eigenvalue weighted by molar-refractivity contribution is -0.137. The van der Waals surface area contributed by atoms with Crippen molar-refractivity contribution in [3.63, 3.8) is 0 Å². The molecule has 0 aliphatic carbocycles. The number of amides is 1. The van der Waals surface area contributed by atoms with Gasteiger partial charge < -0.3 is 15.2 Å². The maximum Gasteiger partial charge on any atom is 0.416 e. The van der Waals surface area contributed by atoms with Crippen LogP contribution >= 0.6 is 0 Å². The van der Waals surface area contributed by atoms with Gasteiger partial charge >= 0.3 is 12.1 Å². The van der Waals surface area contributed by atoms with Crippen molar-refractivity contribution in [2.24, 2.45) is 0 Å². The maximum absolute atomic E-state index is 12.8. The van der Waals surface area contributed by atoms with Gasteiger partial charge in [0.1, 0.15) is 23.0 Å². The van der Waals surface area contributed by atoms with E-state index < -0.39 is 29.2 Å². The van der Waals surface area contributed by atoms with Gasteiger partial charge in [-0.3, -0.25) is 4.79 Å². The van der Waals surface area contributed by atoms with Crippen LogP contribution in [-0.2, 0) is 11.0 Å². The average molecular weight is 404 g/mol. The van der Waals surface area contributed by atoms with Gasteiger partial charge in [-0.15, -0.1) is 0 Å². The summed E-state index contributed by atoms with van der Waals surface area (Å²) in [5.74, 6) is -2.06. The fraction of sp³-hybridized carbons (Fsp3) is 0.150. The molecule has 0 atom stereocenters. The summed E-state index contributed by atoms with van der Waals surface area (Å²) in [6.45, 7) is 1.93. The van der Waals surface area contributed by atoms with Crippen LogP contribution in [0.1, 0.15) is 28.4 Å². The van der Waals surface area contributed by atoms with Gasteiger partial charge in [0.15, 0.2) is 0 Å². The summed E-state index contributed by atoms with van der Waals surface area (Å²) in [7, 11) is 0. The van der Waals surface area contributed by atoms with Crippen LogP contribution in [0.2, 0.25) is 0 Å². The van der Waals surface area contributed by atoms with Crippen LogP contribution in [0.3, 0.4) is 0 Å². The van der Waals surface area contributed by atoms with E-state index in [1.165, 1.54) is 24.3 Å². The summed E-state index contributed by atoms with van der Waals surface area (Å²) >= 11 is 0. The number of anilines is 1. The number of benzene rings is 2. The largest absolute Gasteiger partial charge is 0.493 e. The molecule has 2 N–H and O–H groups in total. The first-order chi connectivity index (χ1) is 13.7. The zero-order valence-corrected chi connectivity index (χ0v) is 15.1. The van der Waals surface area contributed by atoms with E-state index in [9.17, 15) is 33.1 Å². The third kappa shape index (κ3) is 5.59. The average Bonchev–Trinajstić information content (AvgIpc) is 2.66. The summed E-state index contributed by atoms with van der Waals surface area (Å²) in [6.07, 6.45) is -3.45. The number of hydrogen-bond donors (Lipinski definition) is 2. The molecule has 0 spiro atoms. The topological polar surface area (TPSA) is 99.4 Å². The Balaban J connectivity index is 2.30. The molecule has 0 unspecified atom stereocenters. The predicted molar refractivity (Wildman–Crippen MR) is 98.2 cm³/mol. The van der Waals surface area contributed by atoms with E-state index in [2.05, 4.69) is 5.32 Å². The lowest BCUT2D eigenvalue weighted by Gasteiger charge is -2.10. The molecule has 0 saturated heterocycles. The van der Waals surface area contributed by atoms with Gasteiger partial charge in [-0.1, -0.05) is 12.1 Å².